The highest BCUT2D eigenvalue weighted by molar-refractivity contribution is 6.09. The monoisotopic (exact) mass is 264 g/mol. The highest BCUT2D eigenvalue weighted by Crippen LogP contribution is 2.20. The van der Waals surface area contributed by atoms with Crippen molar-refractivity contribution in [2.45, 2.75) is 13.8 Å². The zero-order chi connectivity index (χ0) is 14.2. The molecule has 0 aliphatic rings. The largest absolute Gasteiger partial charge is 0.288 e. The molecule has 0 unspecified atom stereocenters. The van der Waals surface area contributed by atoms with E-state index in [0.717, 1.165) is 12.1 Å². The summed E-state index contributed by atoms with van der Waals surface area (Å²) in [5.41, 5.74) is 0.00152. The molecule has 0 fully saturated rings. The first-order chi connectivity index (χ1) is 8.90. The molecule has 0 bridgehead atoms. The summed E-state index contributed by atoms with van der Waals surface area (Å²) < 4.78 is 40.7. The lowest BCUT2D eigenvalue weighted by Crippen LogP contribution is -2.08. The third-order valence-corrected chi connectivity index (χ3v) is 2.86. The lowest BCUT2D eigenvalue weighted by Gasteiger charge is -2.06. The Morgan fingerprint density at radius 1 is 0.842 bits per heavy atom. The Morgan fingerprint density at radius 3 is 2.11 bits per heavy atom. The van der Waals surface area contributed by atoms with E-state index < -0.39 is 28.8 Å². The highest BCUT2D eigenvalue weighted by atomic mass is 19.1. The van der Waals surface area contributed by atoms with E-state index in [0.29, 0.717) is 5.56 Å². The van der Waals surface area contributed by atoms with Crippen molar-refractivity contribution in [1.29, 1.82) is 0 Å². The SMILES string of the molecule is Cc1ccc(C(=O)c2cc(F)c(C)cc2F)c(F)c1. The molecule has 0 amide bonds. The molecule has 2 aromatic carbocycles. The van der Waals surface area contributed by atoms with Crippen LogP contribution in [-0.2, 0) is 0 Å². The van der Waals surface area contributed by atoms with Gasteiger partial charge in [-0.05, 0) is 49.2 Å². The fourth-order valence-corrected chi connectivity index (χ4v) is 1.77. The van der Waals surface area contributed by atoms with Gasteiger partial charge in [0.05, 0.1) is 11.1 Å². The number of benzene rings is 2. The van der Waals surface area contributed by atoms with Crippen LogP contribution in [0, 0.1) is 31.3 Å². The maximum atomic E-state index is 13.7. The van der Waals surface area contributed by atoms with Crippen LogP contribution in [0.3, 0.4) is 0 Å². The molecule has 0 saturated heterocycles. The molecule has 0 aliphatic carbocycles. The van der Waals surface area contributed by atoms with Crippen LogP contribution in [-0.4, -0.2) is 5.78 Å². The van der Waals surface area contributed by atoms with E-state index in [1.54, 1.807) is 13.0 Å². The summed E-state index contributed by atoms with van der Waals surface area (Å²) in [6.45, 7) is 3.06. The average molecular weight is 264 g/mol. The molecule has 0 saturated carbocycles. The quantitative estimate of drug-likeness (QED) is 0.750. The predicted molar refractivity (Wildman–Crippen MR) is 65.7 cm³/mol. The summed E-state index contributed by atoms with van der Waals surface area (Å²) in [5.74, 6) is -3.17. The third kappa shape index (κ3) is 2.52. The van der Waals surface area contributed by atoms with Crippen molar-refractivity contribution in [3.05, 3.63) is 70.0 Å². The molecule has 0 atom stereocenters. The number of carbonyl (C=O) groups is 1. The van der Waals surface area contributed by atoms with Crippen molar-refractivity contribution >= 4 is 5.78 Å². The molecule has 0 spiro atoms. The maximum absolute atomic E-state index is 13.7. The van der Waals surface area contributed by atoms with Gasteiger partial charge in [0.25, 0.3) is 0 Å². The molecule has 4 heteroatoms. The Hall–Kier alpha value is -2.10. The molecule has 1 nitrogen and oxygen atoms in total. The summed E-state index contributed by atoms with van der Waals surface area (Å²) in [7, 11) is 0. The van der Waals surface area contributed by atoms with E-state index in [1.807, 2.05) is 0 Å². The van der Waals surface area contributed by atoms with Gasteiger partial charge in [0.2, 0.25) is 0 Å². The van der Waals surface area contributed by atoms with Gasteiger partial charge in [-0.25, -0.2) is 13.2 Å². The van der Waals surface area contributed by atoms with Gasteiger partial charge in [0, 0.05) is 0 Å². The van der Waals surface area contributed by atoms with Gasteiger partial charge in [-0.1, -0.05) is 6.07 Å². The van der Waals surface area contributed by atoms with E-state index in [4.69, 9.17) is 0 Å². The minimum atomic E-state index is -0.867. The Bertz CT molecular complexity index is 663. The number of hydrogen-bond acceptors (Lipinski definition) is 1. The number of ketones is 1. The Labute approximate surface area is 108 Å². The van der Waals surface area contributed by atoms with Crippen molar-refractivity contribution in [2.75, 3.05) is 0 Å². The molecule has 0 heterocycles. The average Bonchev–Trinajstić information content (AvgIpc) is 2.33. The second-order valence-electron chi connectivity index (χ2n) is 4.39. The molecule has 19 heavy (non-hydrogen) atoms. The highest BCUT2D eigenvalue weighted by Gasteiger charge is 2.19. The fourth-order valence-electron chi connectivity index (χ4n) is 1.77. The smallest absolute Gasteiger partial charge is 0.199 e. The first-order valence-corrected chi connectivity index (χ1v) is 5.66. The molecular weight excluding hydrogens is 253 g/mol. The second kappa shape index (κ2) is 4.88. The zero-order valence-corrected chi connectivity index (χ0v) is 10.4. The number of halogens is 3. The Morgan fingerprint density at radius 2 is 1.47 bits per heavy atom. The summed E-state index contributed by atoms with van der Waals surface area (Å²) in [6.07, 6.45) is 0. The van der Waals surface area contributed by atoms with Crippen LogP contribution in [0.25, 0.3) is 0 Å². The van der Waals surface area contributed by atoms with Gasteiger partial charge < -0.3 is 0 Å². The standard InChI is InChI=1S/C15H11F3O/c1-8-3-4-10(13(17)5-8)15(19)11-7-12(16)9(2)6-14(11)18/h3-7H,1-2H3. The Kier molecular flexibility index (Phi) is 3.42. The topological polar surface area (TPSA) is 17.1 Å². The molecule has 98 valence electrons. The van der Waals surface area contributed by atoms with Gasteiger partial charge in [-0.15, -0.1) is 0 Å². The van der Waals surface area contributed by atoms with E-state index in [9.17, 15) is 18.0 Å². The molecule has 0 N–H and O–H groups in total. The Balaban J connectivity index is 2.53. The van der Waals surface area contributed by atoms with Crippen molar-refractivity contribution in [3.8, 4) is 0 Å². The second-order valence-corrected chi connectivity index (χ2v) is 4.39. The summed E-state index contributed by atoms with van der Waals surface area (Å²) in [5, 5.41) is 0. The number of carbonyl (C=O) groups excluding carboxylic acids is 1. The van der Waals surface area contributed by atoms with E-state index in [2.05, 4.69) is 0 Å². The van der Waals surface area contributed by atoms with Crippen LogP contribution in [0.15, 0.2) is 30.3 Å². The summed E-state index contributed by atoms with van der Waals surface area (Å²) >= 11 is 0. The molecule has 0 aromatic heterocycles. The van der Waals surface area contributed by atoms with Crippen LogP contribution < -0.4 is 0 Å². The molecule has 2 aromatic rings. The molecular formula is C15H11F3O. The van der Waals surface area contributed by atoms with Gasteiger partial charge in [-0.2, -0.15) is 0 Å². The number of rotatable bonds is 2. The van der Waals surface area contributed by atoms with Crippen molar-refractivity contribution < 1.29 is 18.0 Å². The predicted octanol–water partition coefficient (Wildman–Crippen LogP) is 3.95. The van der Waals surface area contributed by atoms with Crippen LogP contribution in [0.1, 0.15) is 27.0 Å². The molecule has 2 rings (SSSR count). The van der Waals surface area contributed by atoms with Gasteiger partial charge >= 0.3 is 0 Å². The molecule has 0 radical (unpaired) electrons. The normalized spacial score (nSPS) is 10.6. The zero-order valence-electron chi connectivity index (χ0n) is 10.4. The van der Waals surface area contributed by atoms with Crippen LogP contribution in [0.5, 0.6) is 0 Å². The van der Waals surface area contributed by atoms with Crippen LogP contribution in [0.2, 0.25) is 0 Å². The van der Waals surface area contributed by atoms with Gasteiger partial charge in [0.1, 0.15) is 17.5 Å². The summed E-state index contributed by atoms with van der Waals surface area (Å²) in [4.78, 5) is 12.0. The van der Waals surface area contributed by atoms with E-state index in [1.165, 1.54) is 19.1 Å². The maximum Gasteiger partial charge on any atom is 0.199 e. The van der Waals surface area contributed by atoms with Crippen LogP contribution >= 0.6 is 0 Å². The minimum Gasteiger partial charge on any atom is -0.288 e. The minimum absolute atomic E-state index is 0.0958. The van der Waals surface area contributed by atoms with E-state index >= 15 is 0 Å². The van der Waals surface area contributed by atoms with Gasteiger partial charge in [0.15, 0.2) is 5.78 Å². The fraction of sp³-hybridized carbons (Fsp3) is 0.133. The first kappa shape index (κ1) is 13.3. The third-order valence-electron chi connectivity index (χ3n) is 2.86. The van der Waals surface area contributed by atoms with Crippen LogP contribution in [0.4, 0.5) is 13.2 Å². The van der Waals surface area contributed by atoms with Crippen molar-refractivity contribution in [3.63, 3.8) is 0 Å². The lowest BCUT2D eigenvalue weighted by atomic mass is 10.00. The lowest BCUT2D eigenvalue weighted by molar-refractivity contribution is 0.103. The van der Waals surface area contributed by atoms with Crippen molar-refractivity contribution in [1.82, 2.24) is 0 Å². The number of hydrogen-bond donors (Lipinski definition) is 0. The van der Waals surface area contributed by atoms with Crippen molar-refractivity contribution in [2.24, 2.45) is 0 Å². The van der Waals surface area contributed by atoms with E-state index in [-0.39, 0.29) is 11.1 Å². The first-order valence-electron chi connectivity index (χ1n) is 5.66. The van der Waals surface area contributed by atoms with Gasteiger partial charge in [-0.3, -0.25) is 4.79 Å². The number of aryl methyl sites for hydroxylation is 2. The summed E-state index contributed by atoms with van der Waals surface area (Å²) in [6, 6.07) is 5.71. The molecule has 0 aliphatic heterocycles.